The molecule has 4 rings (SSSR count). The van der Waals surface area contributed by atoms with Gasteiger partial charge in [-0.15, -0.1) is 11.8 Å². The van der Waals surface area contributed by atoms with Crippen molar-refractivity contribution in [3.63, 3.8) is 0 Å². The van der Waals surface area contributed by atoms with E-state index in [-0.39, 0.29) is 11.6 Å². The minimum absolute atomic E-state index is 0.00355. The molecule has 4 aromatic rings. The molecule has 0 aromatic heterocycles. The maximum absolute atomic E-state index is 13.7. The highest BCUT2D eigenvalue weighted by Crippen LogP contribution is 2.31. The van der Waals surface area contributed by atoms with E-state index in [1.807, 2.05) is 26.0 Å². The molecule has 10 heteroatoms. The zero-order valence-electron chi connectivity index (χ0n) is 25.3. The molecule has 232 valence electrons. The fourth-order valence-corrected chi connectivity index (χ4v) is 5.53. The van der Waals surface area contributed by atoms with Gasteiger partial charge >= 0.3 is 0 Å². The van der Waals surface area contributed by atoms with Crippen molar-refractivity contribution in [1.29, 1.82) is 0 Å². The van der Waals surface area contributed by atoms with Gasteiger partial charge in [-0.3, -0.25) is 14.4 Å². The van der Waals surface area contributed by atoms with Crippen LogP contribution in [0.5, 0.6) is 11.5 Å². The van der Waals surface area contributed by atoms with Gasteiger partial charge in [-0.25, -0.2) is 0 Å². The normalized spacial score (nSPS) is 11.7. The number of nitrogens with one attached hydrogen (secondary N) is 3. The molecule has 0 spiro atoms. The lowest BCUT2D eigenvalue weighted by atomic mass is 10.1. The minimum Gasteiger partial charge on any atom is -0.497 e. The van der Waals surface area contributed by atoms with E-state index in [1.54, 1.807) is 78.9 Å². The van der Waals surface area contributed by atoms with Crippen LogP contribution in [-0.2, 0) is 9.59 Å². The number of carbonyl (C=O) groups is 3. The zero-order valence-corrected chi connectivity index (χ0v) is 26.9. The second-order valence-electron chi connectivity index (χ2n) is 9.88. The second-order valence-corrected chi connectivity index (χ2v) is 11.6. The largest absolute Gasteiger partial charge is 0.497 e. The summed E-state index contributed by atoms with van der Waals surface area (Å²) in [5.74, 6) is -0.0999. The summed E-state index contributed by atoms with van der Waals surface area (Å²) in [6.07, 6.45) is 2.11. The van der Waals surface area contributed by atoms with Crippen molar-refractivity contribution >= 4 is 58.5 Å². The average Bonchev–Trinajstić information content (AvgIpc) is 3.05. The molecular weight excluding hydrogens is 610 g/mol. The van der Waals surface area contributed by atoms with Crippen LogP contribution in [-0.4, -0.2) is 37.2 Å². The van der Waals surface area contributed by atoms with E-state index in [1.165, 1.54) is 32.1 Å². The number of anilines is 2. The number of hydrogen-bond acceptors (Lipinski definition) is 6. The Balaban J connectivity index is 1.56. The van der Waals surface area contributed by atoms with Gasteiger partial charge in [0.05, 0.1) is 19.5 Å². The van der Waals surface area contributed by atoms with Gasteiger partial charge in [0, 0.05) is 32.4 Å². The molecule has 0 aliphatic rings. The molecule has 0 saturated carbocycles. The molecule has 0 bridgehead atoms. The van der Waals surface area contributed by atoms with Crippen molar-refractivity contribution in [2.45, 2.75) is 30.4 Å². The van der Waals surface area contributed by atoms with Crippen molar-refractivity contribution in [2.75, 3.05) is 24.9 Å². The summed E-state index contributed by atoms with van der Waals surface area (Å²) in [4.78, 5) is 40.7. The maximum atomic E-state index is 13.7. The Morgan fingerprint density at radius 3 is 2.36 bits per heavy atom. The number of rotatable bonds is 12. The highest BCUT2D eigenvalue weighted by Gasteiger charge is 2.20. The van der Waals surface area contributed by atoms with Crippen molar-refractivity contribution in [2.24, 2.45) is 0 Å². The predicted octanol–water partition coefficient (Wildman–Crippen LogP) is 7.58. The Labute approximate surface area is 272 Å². The van der Waals surface area contributed by atoms with E-state index in [4.69, 9.17) is 21.1 Å². The Morgan fingerprint density at radius 1 is 0.889 bits per heavy atom. The second kappa shape index (κ2) is 15.8. The van der Waals surface area contributed by atoms with Crippen molar-refractivity contribution in [3.05, 3.63) is 118 Å². The Morgan fingerprint density at radius 2 is 1.64 bits per heavy atom. The fraction of sp³-hybridized carbons (Fsp3) is 0.171. The third-order valence-corrected chi connectivity index (χ3v) is 8.59. The fourth-order valence-electron chi connectivity index (χ4n) is 4.34. The number of benzene rings is 4. The van der Waals surface area contributed by atoms with E-state index in [2.05, 4.69) is 16.0 Å². The standard InChI is InChI=1S/C35H34ClN3O5S/c1-5-32(35(42)38-29-16-10-15-28(36)22(29)2)45-27-14-9-13-25(21-27)37-34(41)30(39-33(40)23-11-7-6-8-12-23)20-24-19-26(43-3)17-18-31(24)44-4/h6-21,32H,5H2,1-4H3,(H,37,41)(H,38,42)(H,39,40)/b30-20+. The van der Waals surface area contributed by atoms with Crippen LogP contribution in [0, 0.1) is 6.92 Å². The summed E-state index contributed by atoms with van der Waals surface area (Å²) in [6, 6.07) is 26.3. The number of halogens is 1. The highest BCUT2D eigenvalue weighted by atomic mass is 35.5. The number of ether oxygens (including phenoxy) is 2. The summed E-state index contributed by atoms with van der Waals surface area (Å²) in [5, 5.41) is 8.78. The quantitative estimate of drug-likeness (QED) is 0.109. The number of methoxy groups -OCH3 is 2. The summed E-state index contributed by atoms with van der Waals surface area (Å²) in [6.45, 7) is 3.79. The first-order valence-electron chi connectivity index (χ1n) is 14.2. The van der Waals surface area contributed by atoms with E-state index in [9.17, 15) is 14.4 Å². The van der Waals surface area contributed by atoms with Gasteiger partial charge in [0.1, 0.15) is 17.2 Å². The van der Waals surface area contributed by atoms with Gasteiger partial charge in [0.15, 0.2) is 0 Å². The van der Waals surface area contributed by atoms with Gasteiger partial charge in [-0.1, -0.05) is 48.9 Å². The zero-order chi connectivity index (χ0) is 32.3. The monoisotopic (exact) mass is 643 g/mol. The molecule has 8 nitrogen and oxygen atoms in total. The first kappa shape index (κ1) is 33.2. The van der Waals surface area contributed by atoms with Crippen molar-refractivity contribution in [3.8, 4) is 11.5 Å². The van der Waals surface area contributed by atoms with Crippen LogP contribution >= 0.6 is 23.4 Å². The summed E-state index contributed by atoms with van der Waals surface area (Å²) in [5.41, 5.74) is 2.87. The summed E-state index contributed by atoms with van der Waals surface area (Å²) < 4.78 is 10.8. The van der Waals surface area contributed by atoms with Gasteiger partial charge in [0.25, 0.3) is 11.8 Å². The van der Waals surface area contributed by atoms with Crippen LogP contribution in [0.1, 0.15) is 34.8 Å². The number of carbonyl (C=O) groups excluding carboxylic acids is 3. The van der Waals surface area contributed by atoms with E-state index >= 15 is 0 Å². The third kappa shape index (κ3) is 8.90. The smallest absolute Gasteiger partial charge is 0.272 e. The molecule has 0 radical (unpaired) electrons. The molecule has 1 atom stereocenters. The third-order valence-electron chi connectivity index (χ3n) is 6.82. The minimum atomic E-state index is -0.549. The molecule has 0 aliphatic heterocycles. The van der Waals surface area contributed by atoms with E-state index in [0.29, 0.717) is 45.4 Å². The van der Waals surface area contributed by atoms with Crippen molar-refractivity contribution in [1.82, 2.24) is 5.32 Å². The maximum Gasteiger partial charge on any atom is 0.272 e. The molecule has 1 unspecified atom stereocenters. The molecule has 3 amide bonds. The van der Waals surface area contributed by atoms with Crippen molar-refractivity contribution < 1.29 is 23.9 Å². The molecule has 0 fully saturated rings. The van der Waals surface area contributed by atoms with Gasteiger partial charge in [0.2, 0.25) is 5.91 Å². The molecule has 0 aliphatic carbocycles. The Kier molecular flexibility index (Phi) is 11.7. The van der Waals surface area contributed by atoms with E-state index in [0.717, 1.165) is 10.5 Å². The molecule has 45 heavy (non-hydrogen) atoms. The lowest BCUT2D eigenvalue weighted by Gasteiger charge is -2.17. The van der Waals surface area contributed by atoms with Gasteiger partial charge in [-0.05, 0) is 85.6 Å². The van der Waals surface area contributed by atoms with Crippen LogP contribution in [0.3, 0.4) is 0 Å². The summed E-state index contributed by atoms with van der Waals surface area (Å²) >= 11 is 7.61. The number of hydrogen-bond donors (Lipinski definition) is 3. The molecular formula is C35H34ClN3O5S. The molecule has 4 aromatic carbocycles. The van der Waals surface area contributed by atoms with E-state index < -0.39 is 17.1 Å². The first-order chi connectivity index (χ1) is 21.7. The topological polar surface area (TPSA) is 106 Å². The Bertz CT molecular complexity index is 1710. The van der Waals surface area contributed by atoms with Crippen LogP contribution in [0.25, 0.3) is 6.08 Å². The lowest BCUT2D eigenvalue weighted by Crippen LogP contribution is -2.30. The lowest BCUT2D eigenvalue weighted by molar-refractivity contribution is -0.116. The highest BCUT2D eigenvalue weighted by molar-refractivity contribution is 8.00. The predicted molar refractivity (Wildman–Crippen MR) is 181 cm³/mol. The van der Waals surface area contributed by atoms with Crippen LogP contribution in [0.15, 0.2) is 102 Å². The number of thioether (sulfide) groups is 1. The number of amides is 3. The van der Waals surface area contributed by atoms with Gasteiger partial charge in [-0.2, -0.15) is 0 Å². The summed E-state index contributed by atoms with van der Waals surface area (Å²) in [7, 11) is 3.06. The average molecular weight is 644 g/mol. The van der Waals surface area contributed by atoms with Gasteiger partial charge < -0.3 is 25.4 Å². The first-order valence-corrected chi connectivity index (χ1v) is 15.4. The SMILES string of the molecule is CCC(Sc1cccc(NC(=O)/C(=C\c2cc(OC)ccc2OC)NC(=O)c2ccccc2)c1)C(=O)Nc1cccc(Cl)c1C. The molecule has 0 saturated heterocycles. The molecule has 0 heterocycles. The van der Waals surface area contributed by atoms with Crippen LogP contribution in [0.4, 0.5) is 11.4 Å². The Hall–Kier alpha value is -4.73. The van der Waals surface area contributed by atoms with Crippen LogP contribution in [0.2, 0.25) is 5.02 Å². The molecule has 3 N–H and O–H groups in total. The van der Waals surface area contributed by atoms with Crippen LogP contribution < -0.4 is 25.4 Å².